The number of fused-ring (bicyclic) bond motifs is 1. The van der Waals surface area contributed by atoms with Gasteiger partial charge in [-0.05, 0) is 26.8 Å². The van der Waals surface area contributed by atoms with Crippen LogP contribution in [0.25, 0.3) is 11.0 Å². The number of aromatic nitrogens is 2. The number of pyridine rings is 2. The molecule has 0 aliphatic carbocycles. The fourth-order valence-corrected chi connectivity index (χ4v) is 2.32. The topological polar surface area (TPSA) is 122 Å². The van der Waals surface area contributed by atoms with E-state index in [4.69, 9.17) is 4.74 Å². The van der Waals surface area contributed by atoms with Crippen LogP contribution in [-0.4, -0.2) is 50.0 Å². The summed E-state index contributed by atoms with van der Waals surface area (Å²) in [6, 6.07) is 1.26. The molecule has 128 valence electrons. The zero-order valence-electron chi connectivity index (χ0n) is 13.7. The van der Waals surface area contributed by atoms with E-state index in [-0.39, 0.29) is 35.2 Å². The van der Waals surface area contributed by atoms with Gasteiger partial charge in [0.15, 0.2) is 0 Å². The Morgan fingerprint density at radius 3 is 2.62 bits per heavy atom. The molecular weight excluding hydrogens is 315 g/mol. The van der Waals surface area contributed by atoms with E-state index in [0.29, 0.717) is 0 Å². The smallest absolute Gasteiger partial charge is 0.462 e. The van der Waals surface area contributed by atoms with Gasteiger partial charge in [0.1, 0.15) is 11.2 Å². The summed E-state index contributed by atoms with van der Waals surface area (Å²) >= 11 is 0. The Bertz CT molecular complexity index is 825. The Kier molecular flexibility index (Phi) is 5.07. The second-order valence-electron chi connectivity index (χ2n) is 6.05. The molecule has 0 saturated heterocycles. The largest absolute Gasteiger partial charge is 0.490 e. The van der Waals surface area contributed by atoms with E-state index in [9.17, 15) is 24.7 Å². The molecule has 2 aromatic heterocycles. The van der Waals surface area contributed by atoms with Gasteiger partial charge in [-0.1, -0.05) is 0 Å². The lowest BCUT2D eigenvalue weighted by atomic mass is 9.81. The molecule has 0 radical (unpaired) electrons. The average molecular weight is 334 g/mol. The molecule has 0 spiro atoms. The van der Waals surface area contributed by atoms with E-state index >= 15 is 0 Å². The van der Waals surface area contributed by atoms with E-state index in [0.717, 1.165) is 0 Å². The van der Waals surface area contributed by atoms with Gasteiger partial charge in [-0.15, -0.1) is 0 Å². The van der Waals surface area contributed by atoms with Crippen molar-refractivity contribution in [3.05, 3.63) is 34.2 Å². The van der Waals surface area contributed by atoms with E-state index in [1.807, 2.05) is 0 Å². The molecule has 2 heterocycles. The molecule has 0 amide bonds. The first-order valence-corrected chi connectivity index (χ1v) is 7.42. The fraction of sp³-hybridized carbons (Fsp3) is 0.400. The number of carbonyl (C=O) groups excluding carboxylic acids is 1. The lowest BCUT2D eigenvalue weighted by Crippen LogP contribution is -2.33. The Hall–Kier alpha value is -2.23. The summed E-state index contributed by atoms with van der Waals surface area (Å²) in [6.45, 7) is 4.95. The van der Waals surface area contributed by atoms with Crippen LogP contribution in [0.1, 0.15) is 31.1 Å². The zero-order valence-corrected chi connectivity index (χ0v) is 13.7. The predicted octanol–water partition coefficient (Wildman–Crippen LogP) is -0.976. The van der Waals surface area contributed by atoms with Crippen LogP contribution >= 0.6 is 0 Å². The lowest BCUT2D eigenvalue weighted by Gasteiger charge is -2.21. The minimum absolute atomic E-state index is 0.0235. The van der Waals surface area contributed by atoms with Crippen molar-refractivity contribution in [1.29, 1.82) is 0 Å². The van der Waals surface area contributed by atoms with Gasteiger partial charge in [-0.3, -0.25) is 4.79 Å². The molecule has 0 saturated carbocycles. The quantitative estimate of drug-likeness (QED) is 0.475. The van der Waals surface area contributed by atoms with Crippen LogP contribution < -0.4 is 10.9 Å². The fourth-order valence-electron chi connectivity index (χ4n) is 2.32. The van der Waals surface area contributed by atoms with Crippen molar-refractivity contribution in [2.24, 2.45) is 0 Å². The highest BCUT2D eigenvalue weighted by Gasteiger charge is 2.22. The first-order valence-electron chi connectivity index (χ1n) is 7.42. The number of ether oxygens (including phenoxy) is 1. The summed E-state index contributed by atoms with van der Waals surface area (Å²) in [5, 5.41) is 28.6. The number of aliphatic hydroxyl groups is 1. The van der Waals surface area contributed by atoms with Crippen molar-refractivity contribution in [2.45, 2.75) is 32.9 Å². The molecule has 3 N–H and O–H groups in total. The summed E-state index contributed by atoms with van der Waals surface area (Å²) in [5.41, 5.74) is -1.70. The predicted molar refractivity (Wildman–Crippen MR) is 88.1 cm³/mol. The van der Waals surface area contributed by atoms with Crippen LogP contribution in [0.15, 0.2) is 23.3 Å². The molecule has 0 aromatic carbocycles. The maximum atomic E-state index is 12.6. The van der Waals surface area contributed by atoms with Gasteiger partial charge in [0.25, 0.3) is 0 Å². The van der Waals surface area contributed by atoms with E-state index in [1.54, 1.807) is 20.8 Å². The lowest BCUT2D eigenvalue weighted by molar-refractivity contribution is 0.0515. The average Bonchev–Trinajstić information content (AvgIpc) is 2.48. The number of carbonyl (C=O) groups is 1. The van der Waals surface area contributed by atoms with Crippen molar-refractivity contribution in [3.63, 3.8) is 0 Å². The summed E-state index contributed by atoms with van der Waals surface area (Å²) in [6.07, 6.45) is 2.51. The second kappa shape index (κ2) is 6.72. The highest BCUT2D eigenvalue weighted by atomic mass is 16.5. The number of hydrogen-bond donors (Lipinski definition) is 3. The Morgan fingerprint density at radius 2 is 2.08 bits per heavy atom. The zero-order chi connectivity index (χ0) is 18.1. The van der Waals surface area contributed by atoms with Crippen LogP contribution in [0.5, 0.6) is 0 Å². The summed E-state index contributed by atoms with van der Waals surface area (Å²) in [5.74, 6) is -0.788. The highest BCUT2D eigenvalue weighted by Crippen LogP contribution is 2.14. The third-order valence-corrected chi connectivity index (χ3v) is 3.28. The second-order valence-corrected chi connectivity index (χ2v) is 6.05. The molecule has 0 fully saturated rings. The molecular formula is C15H19BN2O6. The summed E-state index contributed by atoms with van der Waals surface area (Å²) in [7, 11) is -1.80. The minimum Gasteiger partial charge on any atom is -0.462 e. The van der Waals surface area contributed by atoms with Crippen molar-refractivity contribution in [2.75, 3.05) is 6.61 Å². The van der Waals surface area contributed by atoms with Gasteiger partial charge < -0.3 is 24.5 Å². The Morgan fingerprint density at radius 1 is 1.42 bits per heavy atom. The summed E-state index contributed by atoms with van der Waals surface area (Å²) < 4.78 is 6.36. The molecule has 9 heteroatoms. The van der Waals surface area contributed by atoms with Crippen LogP contribution in [0.4, 0.5) is 0 Å². The molecule has 2 rings (SSSR count). The van der Waals surface area contributed by atoms with E-state index < -0.39 is 24.1 Å². The van der Waals surface area contributed by atoms with Crippen molar-refractivity contribution in [3.8, 4) is 0 Å². The maximum absolute atomic E-state index is 12.6. The molecule has 0 unspecified atom stereocenters. The molecule has 0 bridgehead atoms. The van der Waals surface area contributed by atoms with Gasteiger partial charge in [-0.25, -0.2) is 9.78 Å². The third kappa shape index (κ3) is 3.81. The maximum Gasteiger partial charge on any atom is 0.490 e. The number of hydrogen-bond acceptors (Lipinski definition) is 7. The highest BCUT2D eigenvalue weighted by molar-refractivity contribution is 6.58. The van der Waals surface area contributed by atoms with Crippen LogP contribution in [0.3, 0.4) is 0 Å². The third-order valence-electron chi connectivity index (χ3n) is 3.28. The SMILES string of the molecule is CCOC(=O)c1cn(CC(C)(C)O)c2ncc(B(O)O)cc2c1=O. The number of nitrogens with zero attached hydrogens (tertiary/aromatic N) is 2. The molecule has 0 aliphatic rings. The summed E-state index contributed by atoms with van der Waals surface area (Å²) in [4.78, 5) is 28.7. The van der Waals surface area contributed by atoms with E-state index in [1.165, 1.54) is 23.0 Å². The van der Waals surface area contributed by atoms with Gasteiger partial charge in [-0.2, -0.15) is 0 Å². The van der Waals surface area contributed by atoms with Crippen molar-refractivity contribution >= 4 is 29.6 Å². The first kappa shape index (κ1) is 18.1. The molecule has 0 aliphatic heterocycles. The van der Waals surface area contributed by atoms with Crippen LogP contribution in [0.2, 0.25) is 0 Å². The first-order chi connectivity index (χ1) is 11.1. The van der Waals surface area contributed by atoms with Crippen molar-refractivity contribution < 1.29 is 24.7 Å². The van der Waals surface area contributed by atoms with Gasteiger partial charge >= 0.3 is 13.1 Å². The van der Waals surface area contributed by atoms with Crippen molar-refractivity contribution in [1.82, 2.24) is 9.55 Å². The Labute approximate surface area is 138 Å². The number of rotatable bonds is 5. The molecule has 24 heavy (non-hydrogen) atoms. The normalized spacial score (nSPS) is 11.6. The minimum atomic E-state index is -1.80. The Balaban J connectivity index is 2.77. The monoisotopic (exact) mass is 334 g/mol. The van der Waals surface area contributed by atoms with Gasteiger partial charge in [0.2, 0.25) is 5.43 Å². The number of esters is 1. The molecule has 0 atom stereocenters. The van der Waals surface area contributed by atoms with Crippen LogP contribution in [0, 0.1) is 0 Å². The van der Waals surface area contributed by atoms with Gasteiger partial charge in [0.05, 0.1) is 24.1 Å². The van der Waals surface area contributed by atoms with Crippen LogP contribution in [-0.2, 0) is 11.3 Å². The molecule has 8 nitrogen and oxygen atoms in total. The standard InChI is InChI=1S/C15H19BN2O6/c1-4-24-14(20)11-7-18(8-15(2,3)21)13-10(12(11)19)5-9(6-17-13)16(22)23/h5-7,21-23H,4,8H2,1-3H3. The van der Waals surface area contributed by atoms with E-state index in [2.05, 4.69) is 4.98 Å². The molecule has 2 aromatic rings. The van der Waals surface area contributed by atoms with Gasteiger partial charge in [0, 0.05) is 17.9 Å².